The van der Waals surface area contributed by atoms with Crippen molar-refractivity contribution in [2.45, 2.75) is 6.42 Å². The molecule has 1 aromatic heterocycles. The molecule has 1 aromatic rings. The van der Waals surface area contributed by atoms with Crippen LogP contribution in [0, 0.1) is 0 Å². The lowest BCUT2D eigenvalue weighted by molar-refractivity contribution is -0.140. The predicted molar refractivity (Wildman–Crippen MR) is 64.0 cm³/mol. The van der Waals surface area contributed by atoms with Gasteiger partial charge in [0.15, 0.2) is 0 Å². The fraction of sp³-hybridized carbons (Fsp3) is 0.455. The molecule has 0 bridgehead atoms. The van der Waals surface area contributed by atoms with E-state index >= 15 is 0 Å². The van der Waals surface area contributed by atoms with E-state index in [1.54, 1.807) is 30.9 Å². The Hall–Kier alpha value is -1.49. The molecule has 0 aliphatic rings. The number of esters is 1. The highest BCUT2D eigenvalue weighted by Gasteiger charge is 2.16. The highest BCUT2D eigenvalue weighted by molar-refractivity contribution is 6.31. The zero-order valence-electron chi connectivity index (χ0n) is 10.1. The van der Waals surface area contributed by atoms with Crippen molar-refractivity contribution in [3.63, 3.8) is 0 Å². The van der Waals surface area contributed by atoms with Gasteiger partial charge in [-0.1, -0.05) is 11.6 Å². The van der Waals surface area contributed by atoms with E-state index in [4.69, 9.17) is 11.6 Å². The van der Waals surface area contributed by atoms with Crippen molar-refractivity contribution in [2.24, 2.45) is 7.05 Å². The predicted octanol–water partition coefficient (Wildman–Crippen LogP) is 1.31. The number of aryl methyl sites for hydroxylation is 1. The highest BCUT2D eigenvalue weighted by atomic mass is 35.5. The SMILES string of the molecule is COC(=O)CCN(C)C(=O)c1cc(Cl)cn1C. The number of methoxy groups -OCH3 is 1. The van der Waals surface area contributed by atoms with Gasteiger partial charge in [0.25, 0.3) is 5.91 Å². The van der Waals surface area contributed by atoms with Gasteiger partial charge in [-0.2, -0.15) is 0 Å². The summed E-state index contributed by atoms with van der Waals surface area (Å²) in [6, 6.07) is 1.60. The number of rotatable bonds is 4. The highest BCUT2D eigenvalue weighted by Crippen LogP contribution is 2.14. The van der Waals surface area contributed by atoms with Gasteiger partial charge in [0, 0.05) is 26.8 Å². The minimum atomic E-state index is -0.338. The zero-order valence-corrected chi connectivity index (χ0v) is 10.8. The van der Waals surface area contributed by atoms with Crippen LogP contribution in [0.2, 0.25) is 5.02 Å². The van der Waals surface area contributed by atoms with Crippen LogP contribution in [-0.4, -0.2) is 42.0 Å². The van der Waals surface area contributed by atoms with Crippen LogP contribution in [0.25, 0.3) is 0 Å². The van der Waals surface area contributed by atoms with Crippen LogP contribution in [-0.2, 0) is 16.6 Å². The van der Waals surface area contributed by atoms with E-state index in [1.165, 1.54) is 12.0 Å². The Kier molecular flexibility index (Phi) is 4.57. The van der Waals surface area contributed by atoms with E-state index in [9.17, 15) is 9.59 Å². The average Bonchev–Trinajstić information content (AvgIpc) is 2.63. The minimum Gasteiger partial charge on any atom is -0.469 e. The van der Waals surface area contributed by atoms with Crippen molar-refractivity contribution in [1.82, 2.24) is 9.47 Å². The maximum atomic E-state index is 12.0. The summed E-state index contributed by atoms with van der Waals surface area (Å²) in [7, 11) is 4.70. The molecular formula is C11H15ClN2O3. The van der Waals surface area contributed by atoms with Crippen LogP contribution in [0.1, 0.15) is 16.9 Å². The first-order chi connectivity index (χ1) is 7.95. The molecule has 94 valence electrons. The van der Waals surface area contributed by atoms with E-state index in [1.807, 2.05) is 0 Å². The molecule has 0 unspecified atom stereocenters. The van der Waals surface area contributed by atoms with Gasteiger partial charge in [0.2, 0.25) is 0 Å². The standard InChI is InChI=1S/C11H15ClN2O3/c1-13(5-4-10(15)17-3)11(16)9-6-8(12)7-14(9)2/h6-7H,4-5H2,1-3H3. The second kappa shape index (κ2) is 5.72. The fourth-order valence-electron chi connectivity index (χ4n) is 1.39. The third-order valence-corrected chi connectivity index (χ3v) is 2.62. The fourth-order valence-corrected chi connectivity index (χ4v) is 1.64. The molecule has 0 aliphatic heterocycles. The topological polar surface area (TPSA) is 51.5 Å². The Morgan fingerprint density at radius 2 is 2.18 bits per heavy atom. The Morgan fingerprint density at radius 1 is 1.53 bits per heavy atom. The molecule has 0 aromatic carbocycles. The number of halogens is 1. The quantitative estimate of drug-likeness (QED) is 0.766. The van der Waals surface area contributed by atoms with Crippen molar-refractivity contribution in [3.05, 3.63) is 23.0 Å². The van der Waals surface area contributed by atoms with Crippen molar-refractivity contribution in [1.29, 1.82) is 0 Å². The number of carbonyl (C=O) groups is 2. The summed E-state index contributed by atoms with van der Waals surface area (Å²) in [6.07, 6.45) is 1.83. The molecule has 0 fully saturated rings. The molecule has 5 nitrogen and oxygen atoms in total. The van der Waals surface area contributed by atoms with Gasteiger partial charge in [-0.15, -0.1) is 0 Å². The summed E-state index contributed by atoms with van der Waals surface area (Å²) in [4.78, 5) is 24.4. The first kappa shape index (κ1) is 13.6. The minimum absolute atomic E-state index is 0.177. The van der Waals surface area contributed by atoms with Gasteiger partial charge in [-0.05, 0) is 6.07 Å². The third kappa shape index (κ3) is 3.49. The molecule has 0 saturated carbocycles. The number of hydrogen-bond donors (Lipinski definition) is 0. The molecule has 0 atom stereocenters. The Labute approximate surface area is 105 Å². The number of nitrogens with zero attached hydrogens (tertiary/aromatic N) is 2. The first-order valence-corrected chi connectivity index (χ1v) is 5.47. The largest absolute Gasteiger partial charge is 0.469 e. The van der Waals surface area contributed by atoms with Gasteiger partial charge in [-0.25, -0.2) is 0 Å². The van der Waals surface area contributed by atoms with E-state index in [2.05, 4.69) is 4.74 Å². The van der Waals surface area contributed by atoms with E-state index < -0.39 is 0 Å². The summed E-state index contributed by atoms with van der Waals surface area (Å²) >= 11 is 5.80. The van der Waals surface area contributed by atoms with Gasteiger partial charge in [0.05, 0.1) is 18.6 Å². The average molecular weight is 259 g/mol. The monoisotopic (exact) mass is 258 g/mol. The lowest BCUT2D eigenvalue weighted by atomic mass is 10.3. The molecule has 0 spiro atoms. The summed E-state index contributed by atoms with van der Waals surface area (Å²) in [5.41, 5.74) is 0.488. The lowest BCUT2D eigenvalue weighted by Gasteiger charge is -2.16. The number of aromatic nitrogens is 1. The summed E-state index contributed by atoms with van der Waals surface area (Å²) in [5, 5.41) is 0.511. The molecular weight excluding hydrogens is 244 g/mol. The molecule has 0 saturated heterocycles. The van der Waals surface area contributed by atoms with E-state index in [0.717, 1.165) is 0 Å². The Morgan fingerprint density at radius 3 is 2.65 bits per heavy atom. The first-order valence-electron chi connectivity index (χ1n) is 5.10. The van der Waals surface area contributed by atoms with Crippen LogP contribution in [0.5, 0.6) is 0 Å². The third-order valence-electron chi connectivity index (χ3n) is 2.42. The van der Waals surface area contributed by atoms with Crippen LogP contribution in [0.3, 0.4) is 0 Å². The Bertz CT molecular complexity index is 428. The molecule has 6 heteroatoms. The van der Waals surface area contributed by atoms with Gasteiger partial charge in [0.1, 0.15) is 5.69 Å². The van der Waals surface area contributed by atoms with Crippen molar-refractivity contribution >= 4 is 23.5 Å². The van der Waals surface area contributed by atoms with Crippen LogP contribution in [0.15, 0.2) is 12.3 Å². The Balaban J connectivity index is 2.64. The normalized spacial score (nSPS) is 10.1. The van der Waals surface area contributed by atoms with Crippen LogP contribution >= 0.6 is 11.6 Å². The molecule has 17 heavy (non-hydrogen) atoms. The van der Waals surface area contributed by atoms with Crippen molar-refractivity contribution in [2.75, 3.05) is 20.7 Å². The summed E-state index contributed by atoms with van der Waals surface area (Å²) in [6.45, 7) is 0.314. The second-order valence-electron chi connectivity index (χ2n) is 3.71. The molecule has 1 heterocycles. The summed E-state index contributed by atoms with van der Waals surface area (Å²) < 4.78 is 6.16. The van der Waals surface area contributed by atoms with Crippen LogP contribution in [0.4, 0.5) is 0 Å². The smallest absolute Gasteiger partial charge is 0.307 e. The van der Waals surface area contributed by atoms with Crippen molar-refractivity contribution < 1.29 is 14.3 Å². The number of hydrogen-bond acceptors (Lipinski definition) is 3. The van der Waals surface area contributed by atoms with Crippen LogP contribution < -0.4 is 0 Å². The molecule has 0 radical (unpaired) electrons. The lowest BCUT2D eigenvalue weighted by Crippen LogP contribution is -2.30. The van der Waals surface area contributed by atoms with Crippen molar-refractivity contribution in [3.8, 4) is 0 Å². The van der Waals surface area contributed by atoms with E-state index in [0.29, 0.717) is 17.3 Å². The molecule has 0 aliphatic carbocycles. The molecule has 1 amide bonds. The number of amides is 1. The summed E-state index contributed by atoms with van der Waals surface area (Å²) in [5.74, 6) is -0.516. The zero-order chi connectivity index (χ0) is 13.0. The van der Waals surface area contributed by atoms with Gasteiger partial charge in [-0.3, -0.25) is 9.59 Å². The number of ether oxygens (including phenoxy) is 1. The molecule has 0 N–H and O–H groups in total. The van der Waals surface area contributed by atoms with Gasteiger partial charge < -0.3 is 14.2 Å². The molecule has 1 rings (SSSR count). The van der Waals surface area contributed by atoms with Gasteiger partial charge >= 0.3 is 5.97 Å². The second-order valence-corrected chi connectivity index (χ2v) is 4.14. The van der Waals surface area contributed by atoms with E-state index in [-0.39, 0.29) is 18.3 Å². The maximum Gasteiger partial charge on any atom is 0.307 e. The number of carbonyl (C=O) groups excluding carboxylic acids is 2. The maximum absolute atomic E-state index is 12.0.